The fourth-order valence-corrected chi connectivity index (χ4v) is 2.64. The van der Waals surface area contributed by atoms with Gasteiger partial charge in [0.1, 0.15) is 17.3 Å². The molecule has 1 aliphatic heterocycles. The average Bonchev–Trinajstić information content (AvgIpc) is 2.33. The van der Waals surface area contributed by atoms with Crippen LogP contribution < -0.4 is 10.2 Å². The van der Waals surface area contributed by atoms with Gasteiger partial charge in [-0.2, -0.15) is 0 Å². The molecule has 3 rings (SSSR count). The molecule has 7 nitrogen and oxygen atoms in total. The van der Waals surface area contributed by atoms with E-state index < -0.39 is 17.2 Å². The number of aliphatic hydroxyl groups is 1. The molecule has 0 bridgehead atoms. The van der Waals surface area contributed by atoms with Crippen LogP contribution in [0.2, 0.25) is 0 Å². The van der Waals surface area contributed by atoms with Crippen LogP contribution in [0, 0.1) is 0 Å². The number of rotatable bonds is 2. The monoisotopic (exact) mass is 318 g/mol. The van der Waals surface area contributed by atoms with Gasteiger partial charge in [-0.15, -0.1) is 0 Å². The number of hydrogen-bond acceptors (Lipinski definition) is 7. The molecule has 1 aromatic heterocycles. The van der Waals surface area contributed by atoms with E-state index in [4.69, 9.17) is 9.15 Å². The number of carbonyl (C=O) groups excluding carboxylic acids is 1. The minimum atomic E-state index is -1.65. The summed E-state index contributed by atoms with van der Waals surface area (Å²) in [6.45, 7) is 1.35. The van der Waals surface area contributed by atoms with Gasteiger partial charge in [0.2, 0.25) is 5.79 Å². The Morgan fingerprint density at radius 1 is 1.17 bits per heavy atom. The highest BCUT2D eigenvalue weighted by Gasteiger charge is 2.36. The van der Waals surface area contributed by atoms with E-state index in [1.54, 1.807) is 0 Å². The summed E-state index contributed by atoms with van der Waals surface area (Å²) >= 11 is 0. The van der Waals surface area contributed by atoms with E-state index in [0.717, 1.165) is 6.07 Å². The quantitative estimate of drug-likeness (QED) is 0.764. The first-order chi connectivity index (χ1) is 10.7. The highest BCUT2D eigenvalue weighted by atomic mass is 16.6. The molecule has 0 spiro atoms. The van der Waals surface area contributed by atoms with Crippen molar-refractivity contribution in [2.24, 2.45) is 0 Å². The molecule has 1 atom stereocenters. The molecule has 1 aromatic carbocycles. The second-order valence-electron chi connectivity index (χ2n) is 5.63. The standard InChI is InChI=1S/C16H14O7/c1-16(21)7-12(19)15-8(2-9(17)5-13(15)23-16)3-11-4-10(18)6-14(20)22-11/h2,4-6,17,20-21H,3,7H2,1H3/t16-/m0/s1. The molecular weight excluding hydrogens is 304 g/mol. The van der Waals surface area contributed by atoms with Gasteiger partial charge >= 0.3 is 0 Å². The molecule has 2 heterocycles. The topological polar surface area (TPSA) is 117 Å². The van der Waals surface area contributed by atoms with Crippen LogP contribution in [0.25, 0.3) is 0 Å². The number of aromatic hydroxyl groups is 2. The molecule has 1 aliphatic rings. The number of carbonyl (C=O) groups is 1. The zero-order valence-corrected chi connectivity index (χ0v) is 12.2. The largest absolute Gasteiger partial charge is 0.508 e. The van der Waals surface area contributed by atoms with Crippen molar-refractivity contribution in [2.45, 2.75) is 25.6 Å². The van der Waals surface area contributed by atoms with E-state index in [9.17, 15) is 24.9 Å². The van der Waals surface area contributed by atoms with Crippen molar-refractivity contribution in [2.75, 3.05) is 0 Å². The third-order valence-corrected chi connectivity index (χ3v) is 3.44. The highest BCUT2D eigenvalue weighted by Crippen LogP contribution is 2.37. The van der Waals surface area contributed by atoms with Crippen molar-refractivity contribution >= 4 is 5.78 Å². The predicted molar refractivity (Wildman–Crippen MR) is 77.8 cm³/mol. The van der Waals surface area contributed by atoms with Crippen LogP contribution in [-0.2, 0) is 6.42 Å². The minimum Gasteiger partial charge on any atom is -0.508 e. The Balaban J connectivity index is 2.08. The molecule has 0 unspecified atom stereocenters. The first-order valence-electron chi connectivity index (χ1n) is 6.87. The molecule has 0 amide bonds. The maximum atomic E-state index is 12.3. The predicted octanol–water partition coefficient (Wildman–Crippen LogP) is 1.32. The number of fused-ring (bicyclic) bond motifs is 1. The Hall–Kier alpha value is -2.80. The number of Topliss-reactive ketones (excluding diaryl/α,β-unsaturated/α-hetero) is 1. The summed E-state index contributed by atoms with van der Waals surface area (Å²) in [4.78, 5) is 23.7. The maximum absolute atomic E-state index is 12.3. The number of phenolic OH excluding ortho intramolecular Hbond substituents is 1. The molecule has 120 valence electrons. The van der Waals surface area contributed by atoms with Crippen LogP contribution in [0.3, 0.4) is 0 Å². The number of ether oxygens (including phenoxy) is 1. The van der Waals surface area contributed by atoms with Crippen LogP contribution in [0.5, 0.6) is 17.4 Å². The Labute approximate surface area is 130 Å². The summed E-state index contributed by atoms with van der Waals surface area (Å²) in [5.41, 5.74) is 0.137. The second kappa shape index (κ2) is 5.13. The van der Waals surface area contributed by atoms with E-state index in [-0.39, 0.29) is 41.4 Å². The van der Waals surface area contributed by atoms with Gasteiger partial charge in [0.25, 0.3) is 5.95 Å². The molecule has 0 aliphatic carbocycles. The summed E-state index contributed by atoms with van der Waals surface area (Å²) < 4.78 is 10.4. The lowest BCUT2D eigenvalue weighted by molar-refractivity contribution is -0.123. The molecule has 3 N–H and O–H groups in total. The molecular formula is C16H14O7. The molecule has 0 radical (unpaired) electrons. The first-order valence-corrected chi connectivity index (χ1v) is 6.87. The van der Waals surface area contributed by atoms with Crippen molar-refractivity contribution < 1.29 is 29.3 Å². The SMILES string of the molecule is C[C@@]1(O)CC(=O)c2c(Cc3cc(=O)cc(O)o3)cc(O)cc2O1. The van der Waals surface area contributed by atoms with Crippen molar-refractivity contribution in [3.63, 3.8) is 0 Å². The molecule has 2 aromatic rings. The van der Waals surface area contributed by atoms with Crippen molar-refractivity contribution in [3.05, 3.63) is 51.4 Å². The van der Waals surface area contributed by atoms with Gasteiger partial charge in [0.05, 0.1) is 18.1 Å². The zero-order valence-electron chi connectivity index (χ0n) is 12.2. The Kier molecular flexibility index (Phi) is 3.37. The van der Waals surface area contributed by atoms with Crippen LogP contribution in [0.4, 0.5) is 0 Å². The molecule has 23 heavy (non-hydrogen) atoms. The summed E-state index contributed by atoms with van der Waals surface area (Å²) in [6, 6.07) is 4.69. The molecule has 0 fully saturated rings. The normalized spacial score (nSPS) is 20.0. The van der Waals surface area contributed by atoms with E-state index >= 15 is 0 Å². The Morgan fingerprint density at radius 2 is 1.91 bits per heavy atom. The van der Waals surface area contributed by atoms with E-state index in [1.165, 1.54) is 25.1 Å². The lowest BCUT2D eigenvalue weighted by Crippen LogP contribution is -2.39. The minimum absolute atomic E-state index is 0.00236. The van der Waals surface area contributed by atoms with E-state index in [0.29, 0.717) is 5.56 Å². The lowest BCUT2D eigenvalue weighted by Gasteiger charge is -2.31. The van der Waals surface area contributed by atoms with Gasteiger partial charge < -0.3 is 24.5 Å². The summed E-state index contributed by atoms with van der Waals surface area (Å²) in [6.07, 6.45) is -0.237. The van der Waals surface area contributed by atoms with Gasteiger partial charge in [-0.25, -0.2) is 0 Å². The van der Waals surface area contributed by atoms with Crippen LogP contribution in [0.15, 0.2) is 33.5 Å². The third-order valence-electron chi connectivity index (χ3n) is 3.44. The molecule has 7 heteroatoms. The molecule has 0 saturated carbocycles. The zero-order chi connectivity index (χ0) is 16.8. The average molecular weight is 318 g/mol. The third kappa shape index (κ3) is 3.04. The number of phenols is 1. The second-order valence-corrected chi connectivity index (χ2v) is 5.63. The molecule has 0 saturated heterocycles. The van der Waals surface area contributed by atoms with Crippen LogP contribution in [-0.4, -0.2) is 26.9 Å². The Bertz CT molecular complexity index is 848. The Morgan fingerprint density at radius 3 is 2.61 bits per heavy atom. The van der Waals surface area contributed by atoms with Gasteiger partial charge in [0.15, 0.2) is 11.2 Å². The van der Waals surface area contributed by atoms with Crippen molar-refractivity contribution in [1.29, 1.82) is 0 Å². The van der Waals surface area contributed by atoms with Gasteiger partial charge in [-0.1, -0.05) is 0 Å². The summed E-state index contributed by atoms with van der Waals surface area (Å²) in [5, 5.41) is 29.1. The lowest BCUT2D eigenvalue weighted by atomic mass is 9.92. The maximum Gasteiger partial charge on any atom is 0.285 e. The number of ketones is 1. The van der Waals surface area contributed by atoms with Crippen molar-refractivity contribution in [1.82, 2.24) is 0 Å². The first kappa shape index (κ1) is 15.1. The van der Waals surface area contributed by atoms with Crippen LogP contribution in [0.1, 0.15) is 35.0 Å². The smallest absolute Gasteiger partial charge is 0.285 e. The summed E-state index contributed by atoms with van der Waals surface area (Å²) in [7, 11) is 0. The van der Waals surface area contributed by atoms with Gasteiger partial charge in [0, 0.05) is 25.5 Å². The van der Waals surface area contributed by atoms with E-state index in [1.807, 2.05) is 0 Å². The summed E-state index contributed by atoms with van der Waals surface area (Å²) in [5.74, 6) is -2.50. The van der Waals surface area contributed by atoms with Crippen molar-refractivity contribution in [3.8, 4) is 17.4 Å². The fraction of sp³-hybridized carbons (Fsp3) is 0.250. The van der Waals surface area contributed by atoms with E-state index in [2.05, 4.69) is 0 Å². The number of hydrogen-bond donors (Lipinski definition) is 3. The highest BCUT2D eigenvalue weighted by molar-refractivity contribution is 6.01. The number of benzene rings is 1. The van der Waals surface area contributed by atoms with Crippen LogP contribution >= 0.6 is 0 Å². The van der Waals surface area contributed by atoms with Gasteiger partial charge in [-0.05, 0) is 11.6 Å². The van der Waals surface area contributed by atoms with Gasteiger partial charge in [-0.3, -0.25) is 9.59 Å². The fourth-order valence-electron chi connectivity index (χ4n) is 2.64.